The summed E-state index contributed by atoms with van der Waals surface area (Å²) in [6, 6.07) is 9.94. The summed E-state index contributed by atoms with van der Waals surface area (Å²) in [6.07, 6.45) is 0. The zero-order valence-corrected chi connectivity index (χ0v) is 7.18. The van der Waals surface area contributed by atoms with Crippen LogP contribution < -0.4 is 4.83 Å². The molecule has 2 nitrogen and oxygen atoms in total. The van der Waals surface area contributed by atoms with Crippen molar-refractivity contribution in [2.24, 2.45) is 5.10 Å². The third-order valence-corrected chi connectivity index (χ3v) is 1.51. The number of benzene rings is 1. The summed E-state index contributed by atoms with van der Waals surface area (Å²) in [7, 11) is 0. The van der Waals surface area contributed by atoms with Crippen LogP contribution in [-0.4, -0.2) is 5.71 Å². The van der Waals surface area contributed by atoms with Gasteiger partial charge in [0.15, 0.2) is 0 Å². The Hall–Kier alpha value is -0.960. The Morgan fingerprint density at radius 2 is 2.00 bits per heavy atom. The second-order valence-corrected chi connectivity index (χ2v) is 2.36. The molecule has 0 saturated carbocycles. The molecule has 0 atom stereocenters. The van der Waals surface area contributed by atoms with Crippen LogP contribution in [0.2, 0.25) is 0 Å². The van der Waals surface area contributed by atoms with Gasteiger partial charge in [0.05, 0.1) is 5.71 Å². The quantitative estimate of drug-likeness (QED) is 0.391. The highest BCUT2D eigenvalue weighted by Gasteiger charge is 1.92. The van der Waals surface area contributed by atoms with Crippen LogP contribution in [0, 0.1) is 0 Å². The molecule has 0 aliphatic heterocycles. The third kappa shape index (κ3) is 2.27. The fraction of sp³-hybridized carbons (Fsp3) is 0.125. The van der Waals surface area contributed by atoms with E-state index in [9.17, 15) is 0 Å². The topological polar surface area (TPSA) is 24.4 Å². The standard InChI is InChI=1S/C8H10N2S/c1-7(9-10-11)8-5-3-2-4-6-8/h2-6,10-11H,1H3/b9-7+. The first kappa shape index (κ1) is 8.14. The molecule has 1 aromatic rings. The maximum atomic E-state index is 3.93. The number of nitrogens with zero attached hydrogens (tertiary/aromatic N) is 1. The first-order chi connectivity index (χ1) is 5.34. The lowest BCUT2D eigenvalue weighted by molar-refractivity contribution is 1.12. The zero-order valence-electron chi connectivity index (χ0n) is 6.28. The molecule has 3 heteroatoms. The van der Waals surface area contributed by atoms with E-state index in [1.807, 2.05) is 37.3 Å². The first-order valence-electron chi connectivity index (χ1n) is 3.33. The van der Waals surface area contributed by atoms with Gasteiger partial charge in [-0.25, -0.2) is 0 Å². The van der Waals surface area contributed by atoms with Gasteiger partial charge < -0.3 is 0 Å². The van der Waals surface area contributed by atoms with E-state index in [-0.39, 0.29) is 0 Å². The van der Waals surface area contributed by atoms with Gasteiger partial charge in [-0.3, -0.25) is 4.83 Å². The maximum absolute atomic E-state index is 3.93. The van der Waals surface area contributed by atoms with Crippen molar-refractivity contribution in [1.82, 2.24) is 4.83 Å². The van der Waals surface area contributed by atoms with E-state index in [1.165, 1.54) is 0 Å². The largest absolute Gasteiger partial charge is 0.255 e. The van der Waals surface area contributed by atoms with Crippen LogP contribution in [0.5, 0.6) is 0 Å². The molecular formula is C8H10N2S. The average Bonchev–Trinajstić information content (AvgIpc) is 2.07. The summed E-state index contributed by atoms with van der Waals surface area (Å²) in [5, 5.41) is 3.93. The lowest BCUT2D eigenvalue weighted by atomic mass is 10.1. The van der Waals surface area contributed by atoms with Gasteiger partial charge in [0.1, 0.15) is 0 Å². The van der Waals surface area contributed by atoms with Gasteiger partial charge in [-0.2, -0.15) is 5.10 Å². The van der Waals surface area contributed by atoms with Crippen molar-refractivity contribution >= 4 is 18.5 Å². The smallest absolute Gasteiger partial charge is 0.0654 e. The molecule has 0 saturated heterocycles. The lowest BCUT2D eigenvalue weighted by Gasteiger charge is -1.97. The van der Waals surface area contributed by atoms with Gasteiger partial charge in [-0.1, -0.05) is 43.1 Å². The number of hydrogen-bond donors (Lipinski definition) is 2. The van der Waals surface area contributed by atoms with Gasteiger partial charge in [-0.15, -0.1) is 0 Å². The van der Waals surface area contributed by atoms with E-state index in [0.717, 1.165) is 11.3 Å². The van der Waals surface area contributed by atoms with Gasteiger partial charge in [-0.05, 0) is 12.5 Å². The second-order valence-electron chi connectivity index (χ2n) is 2.16. The van der Waals surface area contributed by atoms with Gasteiger partial charge in [0.2, 0.25) is 0 Å². The zero-order chi connectivity index (χ0) is 8.10. The highest BCUT2D eigenvalue weighted by atomic mass is 32.1. The molecule has 0 aliphatic rings. The Labute approximate surface area is 71.9 Å². The summed E-state index contributed by atoms with van der Waals surface area (Å²) in [5.74, 6) is 0. The van der Waals surface area contributed by atoms with Crippen molar-refractivity contribution in [2.45, 2.75) is 6.92 Å². The first-order valence-corrected chi connectivity index (χ1v) is 3.78. The van der Waals surface area contributed by atoms with Crippen molar-refractivity contribution in [2.75, 3.05) is 0 Å². The molecule has 0 heterocycles. The summed E-state index contributed by atoms with van der Waals surface area (Å²) in [4.78, 5) is 2.45. The SMILES string of the molecule is C/C(=N\NS)c1ccccc1. The summed E-state index contributed by atoms with van der Waals surface area (Å²) in [5.41, 5.74) is 2.04. The Morgan fingerprint density at radius 1 is 1.36 bits per heavy atom. The molecule has 0 unspecified atom stereocenters. The molecule has 1 rings (SSSR count). The van der Waals surface area contributed by atoms with Crippen LogP contribution in [0.1, 0.15) is 12.5 Å². The monoisotopic (exact) mass is 166 g/mol. The van der Waals surface area contributed by atoms with E-state index in [4.69, 9.17) is 0 Å². The lowest BCUT2D eigenvalue weighted by Crippen LogP contribution is -1.98. The maximum Gasteiger partial charge on any atom is 0.0654 e. The number of nitrogens with one attached hydrogen (secondary N) is 1. The second kappa shape index (κ2) is 4.03. The Morgan fingerprint density at radius 3 is 2.55 bits per heavy atom. The van der Waals surface area contributed by atoms with E-state index in [2.05, 4.69) is 22.7 Å². The Kier molecular flexibility index (Phi) is 2.98. The fourth-order valence-corrected chi connectivity index (χ4v) is 0.969. The van der Waals surface area contributed by atoms with Crippen LogP contribution in [0.4, 0.5) is 0 Å². The molecule has 0 amide bonds. The van der Waals surface area contributed by atoms with Crippen molar-refractivity contribution in [3.63, 3.8) is 0 Å². The van der Waals surface area contributed by atoms with Crippen molar-refractivity contribution < 1.29 is 0 Å². The fourth-order valence-electron chi connectivity index (χ4n) is 0.819. The number of hydrogen-bond acceptors (Lipinski definition) is 3. The summed E-state index contributed by atoms with van der Waals surface area (Å²) in [6.45, 7) is 1.93. The molecule has 11 heavy (non-hydrogen) atoms. The van der Waals surface area contributed by atoms with E-state index >= 15 is 0 Å². The molecule has 0 radical (unpaired) electrons. The normalized spacial score (nSPS) is 11.3. The third-order valence-electron chi connectivity index (χ3n) is 1.41. The van der Waals surface area contributed by atoms with Crippen LogP contribution in [0.15, 0.2) is 35.4 Å². The van der Waals surface area contributed by atoms with Gasteiger partial charge in [0, 0.05) is 0 Å². The molecule has 0 aromatic heterocycles. The van der Waals surface area contributed by atoms with E-state index < -0.39 is 0 Å². The van der Waals surface area contributed by atoms with Crippen LogP contribution in [-0.2, 0) is 0 Å². The minimum absolute atomic E-state index is 0.931. The van der Waals surface area contributed by atoms with Crippen molar-refractivity contribution in [1.29, 1.82) is 0 Å². The van der Waals surface area contributed by atoms with Crippen LogP contribution in [0.25, 0.3) is 0 Å². The highest BCUT2D eigenvalue weighted by molar-refractivity contribution is 7.78. The molecule has 1 aromatic carbocycles. The Balaban J connectivity index is 2.85. The predicted octanol–water partition coefficient (Wildman–Crippen LogP) is 1.84. The Bertz CT molecular complexity index is 244. The summed E-state index contributed by atoms with van der Waals surface area (Å²) >= 11 is 3.77. The minimum atomic E-state index is 0.931. The highest BCUT2D eigenvalue weighted by Crippen LogP contribution is 1.99. The van der Waals surface area contributed by atoms with E-state index in [0.29, 0.717) is 0 Å². The van der Waals surface area contributed by atoms with Crippen LogP contribution >= 0.6 is 12.8 Å². The molecule has 58 valence electrons. The number of thiol groups is 1. The van der Waals surface area contributed by atoms with Gasteiger partial charge in [0.25, 0.3) is 0 Å². The van der Waals surface area contributed by atoms with E-state index in [1.54, 1.807) is 0 Å². The predicted molar refractivity (Wildman–Crippen MR) is 50.8 cm³/mol. The average molecular weight is 166 g/mol. The van der Waals surface area contributed by atoms with Crippen LogP contribution in [0.3, 0.4) is 0 Å². The molecular weight excluding hydrogens is 156 g/mol. The van der Waals surface area contributed by atoms with Gasteiger partial charge >= 0.3 is 0 Å². The molecule has 0 fully saturated rings. The molecule has 0 bridgehead atoms. The molecule has 0 aliphatic carbocycles. The summed E-state index contributed by atoms with van der Waals surface area (Å²) < 4.78 is 0. The van der Waals surface area contributed by atoms with Crippen molar-refractivity contribution in [3.8, 4) is 0 Å². The molecule has 1 N–H and O–H groups in total. The molecule has 0 spiro atoms. The number of rotatable bonds is 2. The number of hydrazone groups is 1. The minimum Gasteiger partial charge on any atom is -0.255 e. The van der Waals surface area contributed by atoms with Crippen molar-refractivity contribution in [3.05, 3.63) is 35.9 Å².